The maximum absolute atomic E-state index is 12.1. The third kappa shape index (κ3) is 5.35. The van der Waals surface area contributed by atoms with Gasteiger partial charge in [-0.05, 0) is 59.7 Å². The number of methoxy groups -OCH3 is 1. The molecule has 8 heteroatoms. The van der Waals surface area contributed by atoms with Crippen LogP contribution in [0, 0.1) is 3.57 Å². The predicted molar refractivity (Wildman–Crippen MR) is 82.0 cm³/mol. The van der Waals surface area contributed by atoms with Crippen molar-refractivity contribution >= 4 is 38.6 Å². The average Bonchev–Trinajstić information content (AvgIpc) is 2.38. The molecule has 0 aliphatic heterocycles. The molecule has 0 aliphatic rings. The summed E-state index contributed by atoms with van der Waals surface area (Å²) >= 11 is 2.06. The summed E-state index contributed by atoms with van der Waals surface area (Å²) in [7, 11) is -2.33. The Morgan fingerprint density at radius 1 is 1.40 bits per heavy atom. The van der Waals surface area contributed by atoms with Crippen LogP contribution >= 0.6 is 22.6 Å². The third-order valence-corrected chi connectivity index (χ3v) is 4.77. The zero-order valence-corrected chi connectivity index (χ0v) is 13.8. The normalized spacial score (nSPS) is 13.1. The van der Waals surface area contributed by atoms with Crippen LogP contribution in [-0.2, 0) is 19.6 Å². The van der Waals surface area contributed by atoms with Crippen LogP contribution in [0.3, 0.4) is 0 Å². The van der Waals surface area contributed by atoms with Crippen molar-refractivity contribution in [2.45, 2.75) is 23.8 Å². The van der Waals surface area contributed by atoms with Gasteiger partial charge in [0.05, 0.1) is 4.90 Å². The number of ether oxygens (including phenoxy) is 1. The van der Waals surface area contributed by atoms with Gasteiger partial charge in [0.2, 0.25) is 10.0 Å². The molecule has 0 bridgehead atoms. The molecular formula is C12H16INO5S. The van der Waals surface area contributed by atoms with Gasteiger partial charge < -0.3 is 9.84 Å². The van der Waals surface area contributed by atoms with Crippen LogP contribution in [-0.4, -0.2) is 39.3 Å². The zero-order chi connectivity index (χ0) is 15.2. The smallest absolute Gasteiger partial charge is 0.321 e. The highest BCUT2D eigenvalue weighted by Crippen LogP contribution is 2.13. The molecule has 0 amide bonds. The van der Waals surface area contributed by atoms with E-state index >= 15 is 0 Å². The summed E-state index contributed by atoms with van der Waals surface area (Å²) < 4.78 is 32.1. The second-order valence-electron chi connectivity index (χ2n) is 4.10. The van der Waals surface area contributed by atoms with Crippen molar-refractivity contribution in [1.82, 2.24) is 4.72 Å². The zero-order valence-electron chi connectivity index (χ0n) is 10.9. The van der Waals surface area contributed by atoms with Crippen molar-refractivity contribution < 1.29 is 23.1 Å². The first kappa shape index (κ1) is 17.3. The number of rotatable bonds is 8. The van der Waals surface area contributed by atoms with E-state index in [1.165, 1.54) is 19.2 Å². The third-order valence-electron chi connectivity index (χ3n) is 2.56. The molecule has 6 nitrogen and oxygen atoms in total. The fourth-order valence-electron chi connectivity index (χ4n) is 1.53. The van der Waals surface area contributed by atoms with Crippen molar-refractivity contribution in [3.63, 3.8) is 0 Å². The van der Waals surface area contributed by atoms with Crippen LogP contribution in [0.25, 0.3) is 0 Å². The summed E-state index contributed by atoms with van der Waals surface area (Å²) in [5, 5.41) is 9.06. The Bertz CT molecular complexity index is 543. The van der Waals surface area contributed by atoms with E-state index in [1.54, 1.807) is 12.1 Å². The Hall–Kier alpha value is -0.710. The van der Waals surface area contributed by atoms with E-state index in [1.807, 2.05) is 0 Å². The largest absolute Gasteiger partial charge is 0.480 e. The highest BCUT2D eigenvalue weighted by atomic mass is 127. The molecule has 20 heavy (non-hydrogen) atoms. The number of carbonyl (C=O) groups is 1. The molecule has 112 valence electrons. The van der Waals surface area contributed by atoms with Crippen LogP contribution < -0.4 is 4.72 Å². The van der Waals surface area contributed by atoms with Gasteiger partial charge in [-0.2, -0.15) is 4.72 Å². The lowest BCUT2D eigenvalue weighted by Crippen LogP contribution is -2.40. The number of hydrogen-bond acceptors (Lipinski definition) is 4. The van der Waals surface area contributed by atoms with Gasteiger partial charge in [0.1, 0.15) is 6.04 Å². The van der Waals surface area contributed by atoms with Gasteiger partial charge in [-0.15, -0.1) is 0 Å². The molecule has 0 saturated heterocycles. The first-order valence-electron chi connectivity index (χ1n) is 5.86. The van der Waals surface area contributed by atoms with E-state index in [0.717, 1.165) is 3.57 Å². The van der Waals surface area contributed by atoms with E-state index in [4.69, 9.17) is 9.84 Å². The highest BCUT2D eigenvalue weighted by Gasteiger charge is 2.24. The quantitative estimate of drug-likeness (QED) is 0.497. The Morgan fingerprint density at radius 2 is 2.00 bits per heavy atom. The van der Waals surface area contributed by atoms with Gasteiger partial charge in [-0.3, -0.25) is 4.79 Å². The monoisotopic (exact) mass is 413 g/mol. The molecule has 1 aromatic rings. The number of nitrogens with one attached hydrogen (secondary N) is 1. The number of aliphatic carboxylic acids is 1. The van der Waals surface area contributed by atoms with E-state index < -0.39 is 22.0 Å². The molecule has 0 saturated carbocycles. The number of sulfonamides is 1. The summed E-state index contributed by atoms with van der Waals surface area (Å²) in [6.07, 6.45) is 0.634. The molecule has 2 N–H and O–H groups in total. The molecular weight excluding hydrogens is 397 g/mol. The highest BCUT2D eigenvalue weighted by molar-refractivity contribution is 14.1. The van der Waals surface area contributed by atoms with Gasteiger partial charge in [-0.1, -0.05) is 0 Å². The maximum atomic E-state index is 12.1. The number of carboxylic acid groups (broad SMARTS) is 1. The Morgan fingerprint density at radius 3 is 2.50 bits per heavy atom. The van der Waals surface area contributed by atoms with Gasteiger partial charge in [0.25, 0.3) is 0 Å². The maximum Gasteiger partial charge on any atom is 0.321 e. The number of carboxylic acids is 1. The molecule has 1 atom stereocenters. The van der Waals surface area contributed by atoms with Crippen LogP contribution in [0.5, 0.6) is 0 Å². The predicted octanol–water partition coefficient (Wildman–Crippen LogP) is 1.45. The lowest BCUT2D eigenvalue weighted by Gasteiger charge is -2.14. The Kier molecular flexibility index (Phi) is 6.86. The van der Waals surface area contributed by atoms with Crippen molar-refractivity contribution in [1.29, 1.82) is 0 Å². The topological polar surface area (TPSA) is 92.7 Å². The number of halogens is 1. The second kappa shape index (κ2) is 7.91. The molecule has 0 radical (unpaired) electrons. The van der Waals surface area contributed by atoms with Crippen LogP contribution in [0.1, 0.15) is 12.8 Å². The minimum absolute atomic E-state index is 0.0518. The minimum atomic E-state index is -3.83. The minimum Gasteiger partial charge on any atom is -0.480 e. The van der Waals surface area contributed by atoms with Crippen molar-refractivity contribution in [3.8, 4) is 0 Å². The molecule has 0 heterocycles. The lowest BCUT2D eigenvalue weighted by molar-refractivity contribution is -0.139. The lowest BCUT2D eigenvalue weighted by atomic mass is 10.2. The van der Waals surface area contributed by atoms with Crippen LogP contribution in [0.15, 0.2) is 29.2 Å². The van der Waals surface area contributed by atoms with E-state index in [2.05, 4.69) is 27.3 Å². The fraction of sp³-hybridized carbons (Fsp3) is 0.417. The van der Waals surface area contributed by atoms with Gasteiger partial charge in [-0.25, -0.2) is 8.42 Å². The average molecular weight is 413 g/mol. The standard InChI is InChI=1S/C12H16INO5S/c1-19-8-2-3-11(12(15)16)14-20(17,18)10-6-4-9(13)5-7-10/h4-7,11,14H,2-3,8H2,1H3,(H,15,16). The van der Waals surface area contributed by atoms with E-state index in [9.17, 15) is 13.2 Å². The molecule has 1 unspecified atom stereocenters. The van der Waals surface area contributed by atoms with Crippen molar-refractivity contribution in [2.24, 2.45) is 0 Å². The first-order valence-corrected chi connectivity index (χ1v) is 8.42. The molecule has 1 aromatic carbocycles. The summed E-state index contributed by atoms with van der Waals surface area (Å²) in [5.74, 6) is -1.20. The molecule has 1 rings (SSSR count). The van der Waals surface area contributed by atoms with Crippen molar-refractivity contribution in [2.75, 3.05) is 13.7 Å². The summed E-state index contributed by atoms with van der Waals surface area (Å²) in [6.45, 7) is 0.384. The molecule has 0 aromatic heterocycles. The van der Waals surface area contributed by atoms with Gasteiger partial charge >= 0.3 is 5.97 Å². The molecule has 0 aliphatic carbocycles. The summed E-state index contributed by atoms with van der Waals surface area (Å²) in [5.41, 5.74) is 0. The van der Waals surface area contributed by atoms with Crippen LogP contribution in [0.4, 0.5) is 0 Å². The van der Waals surface area contributed by atoms with E-state index in [0.29, 0.717) is 13.0 Å². The fourth-order valence-corrected chi connectivity index (χ4v) is 3.12. The van der Waals surface area contributed by atoms with Gasteiger partial charge in [0, 0.05) is 17.3 Å². The molecule has 0 fully saturated rings. The summed E-state index contributed by atoms with van der Waals surface area (Å²) in [6, 6.07) is 5.02. The number of hydrogen-bond donors (Lipinski definition) is 2. The van der Waals surface area contributed by atoms with Gasteiger partial charge in [0.15, 0.2) is 0 Å². The Balaban J connectivity index is 2.80. The Labute approximate surface area is 131 Å². The second-order valence-corrected chi connectivity index (χ2v) is 7.06. The number of benzene rings is 1. The summed E-state index contributed by atoms with van der Waals surface area (Å²) in [4.78, 5) is 11.1. The van der Waals surface area contributed by atoms with Crippen molar-refractivity contribution in [3.05, 3.63) is 27.8 Å². The first-order chi connectivity index (χ1) is 9.36. The molecule has 0 spiro atoms. The van der Waals surface area contributed by atoms with Crippen LogP contribution in [0.2, 0.25) is 0 Å². The SMILES string of the molecule is COCCCC(NS(=O)(=O)c1ccc(I)cc1)C(=O)O. The van der Waals surface area contributed by atoms with E-state index in [-0.39, 0.29) is 11.3 Å².